The van der Waals surface area contributed by atoms with Crippen LogP contribution in [-0.4, -0.2) is 40.5 Å². The molecule has 0 saturated carbocycles. The molecule has 0 fully saturated rings. The van der Waals surface area contributed by atoms with Crippen LogP contribution in [0.3, 0.4) is 0 Å². The highest BCUT2D eigenvalue weighted by Crippen LogP contribution is 2.46. The van der Waals surface area contributed by atoms with Gasteiger partial charge in [0.2, 0.25) is 0 Å². The smallest absolute Gasteiger partial charge is 0.263 e. The van der Waals surface area contributed by atoms with Gasteiger partial charge in [-0.15, -0.1) is 0 Å². The lowest BCUT2D eigenvalue weighted by atomic mass is 9.88. The number of Topliss-reactive ketones (excluding diaryl/α,β-unsaturated/α-hetero) is 1. The Bertz CT molecular complexity index is 1610. The average Bonchev–Trinajstić information content (AvgIpc) is 3.29. The predicted molar refractivity (Wildman–Crippen MR) is 139 cm³/mol. The highest BCUT2D eigenvalue weighted by molar-refractivity contribution is 6.01. The Morgan fingerprint density at radius 2 is 1.95 bits per heavy atom. The number of carbonyl (C=O) groups excluding carboxylic acids is 2. The maximum absolute atomic E-state index is 15.7. The summed E-state index contributed by atoms with van der Waals surface area (Å²) in [6.07, 6.45) is 1.47. The summed E-state index contributed by atoms with van der Waals surface area (Å²) in [5.41, 5.74) is 2.29. The van der Waals surface area contributed by atoms with E-state index in [-0.39, 0.29) is 41.3 Å². The number of alkyl halides is 1. The normalized spacial score (nSPS) is 17.8. The van der Waals surface area contributed by atoms with E-state index in [2.05, 4.69) is 9.97 Å². The lowest BCUT2D eigenvalue weighted by molar-refractivity contribution is -0.130. The molecule has 3 heterocycles. The maximum Gasteiger partial charge on any atom is 0.263 e. The summed E-state index contributed by atoms with van der Waals surface area (Å²) in [5.74, 6) is -1.58. The second kappa shape index (κ2) is 9.70. The molecule has 4 aromatic rings. The first-order valence-electron chi connectivity index (χ1n) is 12.2. The number of nitrogens with zero attached hydrogens (tertiary/aromatic N) is 2. The van der Waals surface area contributed by atoms with Crippen LogP contribution in [0, 0.1) is 5.82 Å². The van der Waals surface area contributed by atoms with Crippen molar-refractivity contribution in [2.24, 2.45) is 5.73 Å². The minimum Gasteiger partial charge on any atom is -0.494 e. The molecule has 8 nitrogen and oxygen atoms in total. The van der Waals surface area contributed by atoms with Gasteiger partial charge >= 0.3 is 0 Å². The summed E-state index contributed by atoms with van der Waals surface area (Å²) in [5, 5.41) is 12.1. The topological polar surface area (TPSA) is 125 Å². The monoisotopic (exact) mass is 533 g/mol. The van der Waals surface area contributed by atoms with E-state index in [1.54, 1.807) is 24.4 Å². The van der Waals surface area contributed by atoms with Crippen molar-refractivity contribution in [3.05, 3.63) is 83.4 Å². The molecule has 1 unspecified atom stereocenters. The summed E-state index contributed by atoms with van der Waals surface area (Å²) >= 11 is 0. The summed E-state index contributed by atoms with van der Waals surface area (Å²) in [6, 6.07) is 13.3. The quantitative estimate of drug-likeness (QED) is 0.323. The number of rotatable bonds is 8. The van der Waals surface area contributed by atoms with Gasteiger partial charge in [-0.1, -0.05) is 6.07 Å². The Hall–Kier alpha value is -4.44. The number of ketones is 1. The highest BCUT2D eigenvalue weighted by atomic mass is 19.1. The number of benzene rings is 2. The minimum absolute atomic E-state index is 0.00226. The molecule has 0 bridgehead atoms. The molecular formula is C29H25F2N3O5. The molecule has 0 aliphatic carbocycles. The molecule has 200 valence electrons. The Balaban J connectivity index is 1.49. The van der Waals surface area contributed by atoms with E-state index in [0.29, 0.717) is 22.4 Å². The standard InChI is InChI=1S/C29H25F2N3O5/c1-28(37,10-9-21(35)18-12-17-4-3-11-33-24(17)22(13-18)38-2)23-14-20-26(39-15-29(20,31)27(32)36)25(34-23)16-5-7-19(30)8-6-16/h3-8,11-14,37H,9-10,15H2,1-2H3,(H2,32,36)/t28-,29?/m0/s1. The van der Waals surface area contributed by atoms with Gasteiger partial charge in [-0.2, -0.15) is 0 Å². The molecule has 2 aromatic heterocycles. The summed E-state index contributed by atoms with van der Waals surface area (Å²) in [4.78, 5) is 34.0. The van der Waals surface area contributed by atoms with Crippen molar-refractivity contribution < 1.29 is 33.0 Å². The van der Waals surface area contributed by atoms with Gasteiger partial charge in [-0.25, -0.2) is 13.8 Å². The molecule has 0 radical (unpaired) electrons. The zero-order chi connectivity index (χ0) is 27.9. The van der Waals surface area contributed by atoms with E-state index < -0.39 is 29.6 Å². The maximum atomic E-state index is 15.7. The minimum atomic E-state index is -2.65. The van der Waals surface area contributed by atoms with E-state index in [9.17, 15) is 19.1 Å². The van der Waals surface area contributed by atoms with Crippen molar-refractivity contribution in [1.29, 1.82) is 0 Å². The molecule has 1 amide bonds. The predicted octanol–water partition coefficient (Wildman–Crippen LogP) is 4.36. The Morgan fingerprint density at radius 1 is 1.21 bits per heavy atom. The molecule has 39 heavy (non-hydrogen) atoms. The molecule has 1 aliphatic heterocycles. The number of aromatic nitrogens is 2. The first-order chi connectivity index (χ1) is 18.5. The molecule has 0 saturated heterocycles. The first-order valence-corrected chi connectivity index (χ1v) is 12.2. The Kier molecular flexibility index (Phi) is 6.51. The molecular weight excluding hydrogens is 508 g/mol. The summed E-state index contributed by atoms with van der Waals surface area (Å²) in [6.45, 7) is 0.782. The van der Waals surface area contributed by atoms with Crippen LogP contribution in [0.4, 0.5) is 8.78 Å². The molecule has 3 N–H and O–H groups in total. The van der Waals surface area contributed by atoms with Crippen molar-refractivity contribution in [3.63, 3.8) is 0 Å². The van der Waals surface area contributed by atoms with Crippen molar-refractivity contribution >= 4 is 22.6 Å². The number of carbonyl (C=O) groups is 2. The fourth-order valence-corrected chi connectivity index (χ4v) is 4.61. The number of aliphatic hydroxyl groups is 1. The second-order valence-corrected chi connectivity index (χ2v) is 9.64. The molecule has 10 heteroatoms. The largest absolute Gasteiger partial charge is 0.494 e. The van der Waals surface area contributed by atoms with Gasteiger partial charge in [0.25, 0.3) is 11.6 Å². The van der Waals surface area contributed by atoms with Crippen molar-refractivity contribution in [2.75, 3.05) is 13.7 Å². The Labute approximate surface area is 222 Å². The number of nitrogens with two attached hydrogens (primary N) is 1. The van der Waals surface area contributed by atoms with Gasteiger partial charge in [0.1, 0.15) is 35.0 Å². The van der Waals surface area contributed by atoms with E-state index in [0.717, 1.165) is 5.39 Å². The summed E-state index contributed by atoms with van der Waals surface area (Å²) < 4.78 is 40.1. The van der Waals surface area contributed by atoms with Crippen LogP contribution in [-0.2, 0) is 16.1 Å². The molecule has 5 rings (SSSR count). The Morgan fingerprint density at radius 3 is 2.64 bits per heavy atom. The molecule has 1 aliphatic rings. The van der Waals surface area contributed by atoms with Gasteiger partial charge in [0.15, 0.2) is 11.5 Å². The van der Waals surface area contributed by atoms with Gasteiger partial charge < -0.3 is 20.3 Å². The zero-order valence-electron chi connectivity index (χ0n) is 21.2. The van der Waals surface area contributed by atoms with Gasteiger partial charge in [-0.05, 0) is 61.9 Å². The lowest BCUT2D eigenvalue weighted by Gasteiger charge is -2.25. The van der Waals surface area contributed by atoms with E-state index in [4.69, 9.17) is 15.2 Å². The van der Waals surface area contributed by atoms with Crippen molar-refractivity contribution in [3.8, 4) is 22.8 Å². The highest BCUT2D eigenvalue weighted by Gasteiger charge is 2.49. The third-order valence-electron chi connectivity index (χ3n) is 6.93. The van der Waals surface area contributed by atoms with Crippen LogP contribution in [0.15, 0.2) is 60.8 Å². The summed E-state index contributed by atoms with van der Waals surface area (Å²) in [7, 11) is 1.49. The number of halogens is 2. The van der Waals surface area contributed by atoms with Crippen molar-refractivity contribution in [1.82, 2.24) is 9.97 Å². The number of hydrogen-bond donors (Lipinski definition) is 2. The third-order valence-corrected chi connectivity index (χ3v) is 6.93. The zero-order valence-corrected chi connectivity index (χ0v) is 21.2. The van der Waals surface area contributed by atoms with Gasteiger partial charge in [-0.3, -0.25) is 14.6 Å². The SMILES string of the molecule is COc1cc(C(=O)CC[C@](C)(O)c2cc3c(c(-c4ccc(F)cc4)n2)OCC3(F)C(N)=O)cc2cccnc12. The fourth-order valence-electron chi connectivity index (χ4n) is 4.61. The number of ether oxygens (including phenoxy) is 2. The third kappa shape index (κ3) is 4.67. The van der Waals surface area contributed by atoms with Gasteiger partial charge in [0.05, 0.1) is 12.8 Å². The molecule has 0 spiro atoms. The van der Waals surface area contributed by atoms with Crippen LogP contribution < -0.4 is 15.2 Å². The van der Waals surface area contributed by atoms with E-state index in [1.165, 1.54) is 44.4 Å². The molecule has 2 aromatic carbocycles. The number of pyridine rings is 2. The van der Waals surface area contributed by atoms with E-state index in [1.807, 2.05) is 6.07 Å². The van der Waals surface area contributed by atoms with Crippen LogP contribution >= 0.6 is 0 Å². The fraction of sp³-hybridized carbons (Fsp3) is 0.241. The molecule has 2 atom stereocenters. The van der Waals surface area contributed by atoms with Gasteiger partial charge in [0, 0.05) is 34.7 Å². The number of fused-ring (bicyclic) bond motifs is 2. The van der Waals surface area contributed by atoms with Crippen LogP contribution in [0.1, 0.15) is 41.4 Å². The second-order valence-electron chi connectivity index (χ2n) is 9.64. The van der Waals surface area contributed by atoms with E-state index >= 15 is 4.39 Å². The van der Waals surface area contributed by atoms with Crippen molar-refractivity contribution in [2.45, 2.75) is 31.0 Å². The first kappa shape index (κ1) is 26.2. The van der Waals surface area contributed by atoms with Crippen LogP contribution in [0.25, 0.3) is 22.2 Å². The lowest BCUT2D eigenvalue weighted by Crippen LogP contribution is -2.38. The number of hydrogen-bond acceptors (Lipinski definition) is 7. The number of amides is 1. The average molecular weight is 534 g/mol. The van der Waals surface area contributed by atoms with Crippen LogP contribution in [0.2, 0.25) is 0 Å². The number of primary amides is 1. The number of methoxy groups -OCH3 is 1. The van der Waals surface area contributed by atoms with Crippen LogP contribution in [0.5, 0.6) is 11.5 Å².